The molecule has 154 valence electrons. The molecule has 2 aromatic carbocycles. The predicted octanol–water partition coefficient (Wildman–Crippen LogP) is 3.93. The highest BCUT2D eigenvalue weighted by molar-refractivity contribution is 6.00. The zero-order chi connectivity index (χ0) is 21.4. The van der Waals surface area contributed by atoms with Gasteiger partial charge in [0.25, 0.3) is 5.91 Å². The van der Waals surface area contributed by atoms with Crippen LogP contribution >= 0.6 is 0 Å². The van der Waals surface area contributed by atoms with Gasteiger partial charge >= 0.3 is 0 Å². The first-order valence-electron chi connectivity index (χ1n) is 9.88. The number of fused-ring (bicyclic) bond motifs is 1. The number of aromatic amines is 1. The number of nitrogens with one attached hydrogen (secondary N) is 1. The summed E-state index contributed by atoms with van der Waals surface area (Å²) < 4.78 is 5.42. The Labute approximate surface area is 179 Å². The number of ether oxygens (including phenoxy) is 1. The van der Waals surface area contributed by atoms with E-state index in [0.717, 1.165) is 16.7 Å². The first-order chi connectivity index (χ1) is 15.2. The average molecular weight is 412 g/mol. The van der Waals surface area contributed by atoms with Crippen LogP contribution in [0.15, 0.2) is 73.1 Å². The maximum Gasteiger partial charge on any atom is 0.273 e. The van der Waals surface area contributed by atoms with E-state index in [1.807, 2.05) is 42.5 Å². The number of rotatable bonds is 5. The lowest BCUT2D eigenvalue weighted by Crippen LogP contribution is -2.29. The van der Waals surface area contributed by atoms with Gasteiger partial charge in [-0.2, -0.15) is 5.10 Å². The molecule has 0 bridgehead atoms. The molecule has 0 radical (unpaired) electrons. The molecular weight excluding hydrogens is 392 g/mol. The molecule has 1 amide bonds. The molecule has 0 saturated heterocycles. The number of benzene rings is 2. The number of methoxy groups -OCH3 is 1. The fraction of sp³-hybridized carbons (Fsp3) is 0.125. The Morgan fingerprint density at radius 2 is 1.90 bits per heavy atom. The van der Waals surface area contributed by atoms with Crippen LogP contribution in [0.4, 0.5) is 0 Å². The molecule has 1 aliphatic rings. The molecule has 5 rings (SSSR count). The topological polar surface area (TPSA) is 91.3 Å². The van der Waals surface area contributed by atoms with Gasteiger partial charge in [0.15, 0.2) is 0 Å². The van der Waals surface area contributed by atoms with Crippen molar-refractivity contribution < 1.29 is 14.6 Å². The summed E-state index contributed by atoms with van der Waals surface area (Å²) in [6.45, 7) is 0.409. The minimum absolute atomic E-state index is 0.112. The number of aromatic nitrogens is 3. The minimum Gasteiger partial charge on any atom is -0.507 e. The fourth-order valence-electron chi connectivity index (χ4n) is 4.08. The van der Waals surface area contributed by atoms with Crippen LogP contribution in [0, 0.1) is 0 Å². The monoisotopic (exact) mass is 412 g/mol. The molecule has 7 heteroatoms. The van der Waals surface area contributed by atoms with Crippen LogP contribution < -0.4 is 4.74 Å². The van der Waals surface area contributed by atoms with Crippen molar-refractivity contribution in [3.8, 4) is 22.8 Å². The van der Waals surface area contributed by atoms with Crippen molar-refractivity contribution >= 4 is 5.91 Å². The Hall–Kier alpha value is -4.13. The number of para-hydroxylation sites is 1. The Bertz CT molecular complexity index is 1250. The summed E-state index contributed by atoms with van der Waals surface area (Å²) >= 11 is 0. The van der Waals surface area contributed by atoms with Gasteiger partial charge in [0.05, 0.1) is 13.2 Å². The molecule has 0 aliphatic carbocycles. The van der Waals surface area contributed by atoms with E-state index in [1.54, 1.807) is 42.6 Å². The van der Waals surface area contributed by atoms with Crippen molar-refractivity contribution in [2.45, 2.75) is 12.6 Å². The third-order valence-electron chi connectivity index (χ3n) is 5.53. The van der Waals surface area contributed by atoms with Crippen molar-refractivity contribution in [2.75, 3.05) is 7.11 Å². The molecule has 1 aliphatic heterocycles. The highest BCUT2D eigenvalue weighted by Gasteiger charge is 2.42. The van der Waals surface area contributed by atoms with Crippen molar-refractivity contribution in [1.82, 2.24) is 20.1 Å². The average Bonchev–Trinajstić information content (AvgIpc) is 3.34. The molecule has 0 fully saturated rings. The molecule has 0 unspecified atom stereocenters. The number of amides is 1. The number of pyridine rings is 1. The summed E-state index contributed by atoms with van der Waals surface area (Å²) in [5.74, 6) is 0.671. The second-order valence-electron chi connectivity index (χ2n) is 7.35. The van der Waals surface area contributed by atoms with E-state index in [2.05, 4.69) is 15.2 Å². The molecule has 31 heavy (non-hydrogen) atoms. The molecule has 2 aromatic heterocycles. The van der Waals surface area contributed by atoms with E-state index in [-0.39, 0.29) is 17.7 Å². The van der Waals surface area contributed by atoms with Gasteiger partial charge in [-0.05, 0) is 47.5 Å². The summed E-state index contributed by atoms with van der Waals surface area (Å²) in [5.41, 5.74) is 4.18. The number of hydrogen-bond donors (Lipinski definition) is 2. The lowest BCUT2D eigenvalue weighted by atomic mass is 9.95. The van der Waals surface area contributed by atoms with Crippen LogP contribution in [0.1, 0.15) is 33.2 Å². The molecular formula is C24H20N4O3. The fourth-order valence-corrected chi connectivity index (χ4v) is 4.08. The number of hydrogen-bond acceptors (Lipinski definition) is 5. The number of carbonyl (C=O) groups is 1. The molecule has 2 N–H and O–H groups in total. The maximum atomic E-state index is 13.4. The molecule has 7 nitrogen and oxygen atoms in total. The molecule has 0 spiro atoms. The van der Waals surface area contributed by atoms with Gasteiger partial charge in [-0.15, -0.1) is 0 Å². The van der Waals surface area contributed by atoms with Crippen LogP contribution in [0.2, 0.25) is 0 Å². The zero-order valence-electron chi connectivity index (χ0n) is 16.8. The second kappa shape index (κ2) is 7.60. The summed E-state index contributed by atoms with van der Waals surface area (Å²) in [5, 5.41) is 17.8. The first kappa shape index (κ1) is 18.9. The van der Waals surface area contributed by atoms with Gasteiger partial charge in [0, 0.05) is 30.1 Å². The minimum atomic E-state index is -0.390. The SMILES string of the molecule is COc1cccc([C@H]2c3c(-c4ccccc4O)n[nH]c3C(=O)N2Cc2ccncc2)c1. The van der Waals surface area contributed by atoms with E-state index in [0.29, 0.717) is 29.2 Å². The lowest BCUT2D eigenvalue weighted by molar-refractivity contribution is 0.0730. The van der Waals surface area contributed by atoms with Gasteiger partial charge in [0.2, 0.25) is 0 Å². The van der Waals surface area contributed by atoms with Gasteiger partial charge < -0.3 is 14.7 Å². The third-order valence-corrected chi connectivity index (χ3v) is 5.53. The number of nitrogens with zero attached hydrogens (tertiary/aromatic N) is 3. The Morgan fingerprint density at radius 1 is 1.10 bits per heavy atom. The van der Waals surface area contributed by atoms with Gasteiger partial charge in [0.1, 0.15) is 22.9 Å². The van der Waals surface area contributed by atoms with E-state index in [9.17, 15) is 9.90 Å². The van der Waals surface area contributed by atoms with Crippen LogP contribution in [-0.2, 0) is 6.54 Å². The summed E-state index contributed by atoms with van der Waals surface area (Å²) in [7, 11) is 1.62. The van der Waals surface area contributed by atoms with Gasteiger partial charge in [-0.1, -0.05) is 24.3 Å². The largest absolute Gasteiger partial charge is 0.507 e. The summed E-state index contributed by atoms with van der Waals surface area (Å²) in [4.78, 5) is 19.3. The van der Waals surface area contributed by atoms with Crippen molar-refractivity contribution in [3.05, 3.63) is 95.4 Å². The molecule has 0 saturated carbocycles. The van der Waals surface area contributed by atoms with Crippen molar-refractivity contribution in [1.29, 1.82) is 0 Å². The highest BCUT2D eigenvalue weighted by atomic mass is 16.5. The number of phenolic OH excluding ortho intramolecular Hbond substituents is 1. The first-order valence-corrected chi connectivity index (χ1v) is 9.88. The number of phenols is 1. The zero-order valence-corrected chi connectivity index (χ0v) is 16.8. The standard InChI is InChI=1S/C24H20N4O3/c1-31-17-6-4-5-16(13-17)23-20-21(18-7-2-3-8-19(18)29)26-27-22(20)24(30)28(23)14-15-9-11-25-12-10-15/h2-13,23,29H,14H2,1H3,(H,26,27)/t23-/m0/s1. The van der Waals surface area contributed by atoms with E-state index in [4.69, 9.17) is 4.74 Å². The highest BCUT2D eigenvalue weighted by Crippen LogP contribution is 2.45. The summed E-state index contributed by atoms with van der Waals surface area (Å²) in [6.07, 6.45) is 3.43. The van der Waals surface area contributed by atoms with Crippen molar-refractivity contribution in [2.24, 2.45) is 0 Å². The maximum absolute atomic E-state index is 13.4. The predicted molar refractivity (Wildman–Crippen MR) is 115 cm³/mol. The van der Waals surface area contributed by atoms with Crippen LogP contribution in [0.25, 0.3) is 11.3 Å². The smallest absolute Gasteiger partial charge is 0.273 e. The number of H-pyrrole nitrogens is 1. The normalized spacial score (nSPS) is 15.2. The number of aromatic hydroxyl groups is 1. The van der Waals surface area contributed by atoms with E-state index < -0.39 is 0 Å². The Balaban J connectivity index is 1.68. The Kier molecular flexibility index (Phi) is 4.63. The van der Waals surface area contributed by atoms with Crippen molar-refractivity contribution in [3.63, 3.8) is 0 Å². The third kappa shape index (κ3) is 3.20. The molecule has 1 atom stereocenters. The van der Waals surface area contributed by atoms with E-state index in [1.165, 1.54) is 0 Å². The molecule has 4 aromatic rings. The Morgan fingerprint density at radius 3 is 2.68 bits per heavy atom. The van der Waals surface area contributed by atoms with Crippen LogP contribution in [-0.4, -0.2) is 38.2 Å². The van der Waals surface area contributed by atoms with Gasteiger partial charge in [-0.25, -0.2) is 0 Å². The quantitative estimate of drug-likeness (QED) is 0.518. The van der Waals surface area contributed by atoms with Gasteiger partial charge in [-0.3, -0.25) is 14.9 Å². The number of carbonyl (C=O) groups excluding carboxylic acids is 1. The van der Waals surface area contributed by atoms with Crippen LogP contribution in [0.5, 0.6) is 11.5 Å². The van der Waals surface area contributed by atoms with Crippen LogP contribution in [0.3, 0.4) is 0 Å². The summed E-state index contributed by atoms with van der Waals surface area (Å²) in [6, 6.07) is 18.1. The van der Waals surface area contributed by atoms with E-state index >= 15 is 0 Å². The molecule has 3 heterocycles. The lowest BCUT2D eigenvalue weighted by Gasteiger charge is -2.26. The second-order valence-corrected chi connectivity index (χ2v) is 7.35.